The largest absolute Gasteiger partial charge is 0.383 e. The predicted molar refractivity (Wildman–Crippen MR) is 55.2 cm³/mol. The molecule has 0 bridgehead atoms. The summed E-state index contributed by atoms with van der Waals surface area (Å²) in [6.45, 7) is 3.12. The summed E-state index contributed by atoms with van der Waals surface area (Å²) >= 11 is 1.59. The summed E-state index contributed by atoms with van der Waals surface area (Å²) in [4.78, 5) is 4.28. The summed E-state index contributed by atoms with van der Waals surface area (Å²) in [5.74, 6) is 0. The number of nitrogens with one attached hydrogen (secondary N) is 1. The van der Waals surface area contributed by atoms with E-state index in [2.05, 4.69) is 10.3 Å². The molecule has 0 aromatic carbocycles. The Morgan fingerprint density at radius 1 is 1.77 bits per heavy atom. The molecule has 1 rings (SSSR count). The average molecular weight is 201 g/mol. The van der Waals surface area contributed by atoms with Crippen LogP contribution in [0.15, 0.2) is 5.38 Å². The lowest BCUT2D eigenvalue weighted by Gasteiger charge is -2.14. The zero-order valence-electron chi connectivity index (χ0n) is 7.91. The summed E-state index contributed by atoms with van der Waals surface area (Å²) in [5, 5.41) is 6.12. The van der Waals surface area contributed by atoms with Gasteiger partial charge in [-0.25, -0.2) is 4.98 Å². The molecule has 1 unspecified atom stereocenters. The zero-order chi connectivity index (χ0) is 9.68. The quantitative estimate of drug-likeness (QED) is 0.741. The van der Waals surface area contributed by atoms with Gasteiger partial charge in [0.05, 0.1) is 18.3 Å². The van der Waals surface area contributed by atoms with Crippen molar-refractivity contribution in [3.05, 3.63) is 11.1 Å². The van der Waals surface area contributed by atoms with Crippen molar-refractivity contribution in [2.45, 2.75) is 13.0 Å². The first kappa shape index (κ1) is 10.4. The highest BCUT2D eigenvalue weighted by molar-refractivity contribution is 7.13. The van der Waals surface area contributed by atoms with Gasteiger partial charge in [-0.1, -0.05) is 0 Å². The molecule has 1 aromatic heterocycles. The minimum absolute atomic E-state index is 0.149. The van der Waals surface area contributed by atoms with Gasteiger partial charge >= 0.3 is 0 Å². The Morgan fingerprint density at radius 3 is 3.00 bits per heavy atom. The molecular formula is C8H15N3OS. The van der Waals surface area contributed by atoms with Crippen LogP contribution >= 0.6 is 11.3 Å². The number of methoxy groups -OCH3 is 1. The van der Waals surface area contributed by atoms with Crippen LogP contribution in [-0.4, -0.2) is 31.3 Å². The van der Waals surface area contributed by atoms with Crippen LogP contribution < -0.4 is 11.1 Å². The fourth-order valence-electron chi connectivity index (χ4n) is 0.965. The van der Waals surface area contributed by atoms with Gasteiger partial charge in [-0.2, -0.15) is 0 Å². The van der Waals surface area contributed by atoms with Crippen molar-refractivity contribution in [2.75, 3.05) is 25.6 Å². The van der Waals surface area contributed by atoms with E-state index in [4.69, 9.17) is 10.5 Å². The van der Waals surface area contributed by atoms with Gasteiger partial charge in [0.25, 0.3) is 0 Å². The molecule has 0 aliphatic rings. The Hall–Kier alpha value is -0.650. The van der Waals surface area contributed by atoms with E-state index < -0.39 is 0 Å². The van der Waals surface area contributed by atoms with Crippen LogP contribution in [0.4, 0.5) is 5.13 Å². The van der Waals surface area contributed by atoms with Crippen molar-refractivity contribution in [2.24, 2.45) is 5.73 Å². The minimum Gasteiger partial charge on any atom is -0.383 e. The Kier molecular flexibility index (Phi) is 4.14. The highest BCUT2D eigenvalue weighted by Gasteiger charge is 2.07. The number of thiazole rings is 1. The van der Waals surface area contributed by atoms with Crippen LogP contribution in [0.1, 0.15) is 5.69 Å². The van der Waals surface area contributed by atoms with Crippen molar-refractivity contribution >= 4 is 16.5 Å². The maximum atomic E-state index is 5.55. The van der Waals surface area contributed by atoms with Gasteiger partial charge in [0.15, 0.2) is 5.13 Å². The third kappa shape index (κ3) is 3.30. The normalized spacial score (nSPS) is 12.8. The van der Waals surface area contributed by atoms with E-state index in [-0.39, 0.29) is 6.04 Å². The standard InChI is InChI=1S/C8H15N3OS/c1-6-5-13-8(10-6)11-7(3-9)4-12-2/h5,7H,3-4,9H2,1-2H3,(H,10,11). The molecule has 0 radical (unpaired) electrons. The van der Waals surface area contributed by atoms with Crippen LogP contribution in [0, 0.1) is 6.92 Å². The molecule has 4 nitrogen and oxygen atoms in total. The molecule has 0 aliphatic heterocycles. The summed E-state index contributed by atoms with van der Waals surface area (Å²) < 4.78 is 5.01. The number of hydrogen-bond donors (Lipinski definition) is 2. The van der Waals surface area contributed by atoms with E-state index in [9.17, 15) is 0 Å². The lowest BCUT2D eigenvalue weighted by atomic mass is 10.3. The molecule has 0 saturated heterocycles. The maximum Gasteiger partial charge on any atom is 0.183 e. The van der Waals surface area contributed by atoms with Gasteiger partial charge in [0, 0.05) is 19.0 Å². The molecule has 1 heterocycles. The number of hydrogen-bond acceptors (Lipinski definition) is 5. The van der Waals surface area contributed by atoms with E-state index in [0.717, 1.165) is 10.8 Å². The average Bonchev–Trinajstić information content (AvgIpc) is 2.50. The smallest absolute Gasteiger partial charge is 0.183 e. The number of nitrogens with zero attached hydrogens (tertiary/aromatic N) is 1. The van der Waals surface area contributed by atoms with Crippen LogP contribution in [0.25, 0.3) is 0 Å². The maximum absolute atomic E-state index is 5.55. The Labute approximate surface area is 82.1 Å². The molecule has 0 saturated carbocycles. The SMILES string of the molecule is COCC(CN)Nc1nc(C)cs1. The van der Waals surface area contributed by atoms with E-state index in [1.165, 1.54) is 0 Å². The molecule has 3 N–H and O–H groups in total. The first-order chi connectivity index (χ1) is 6.26. The van der Waals surface area contributed by atoms with Gasteiger partial charge in [-0.05, 0) is 6.92 Å². The molecule has 0 aliphatic carbocycles. The Bertz CT molecular complexity index is 251. The number of anilines is 1. The molecule has 1 atom stereocenters. The fraction of sp³-hybridized carbons (Fsp3) is 0.625. The Morgan fingerprint density at radius 2 is 2.54 bits per heavy atom. The van der Waals surface area contributed by atoms with Gasteiger partial charge in [-0.3, -0.25) is 0 Å². The van der Waals surface area contributed by atoms with Gasteiger partial charge < -0.3 is 15.8 Å². The van der Waals surface area contributed by atoms with Gasteiger partial charge in [0.2, 0.25) is 0 Å². The number of ether oxygens (including phenoxy) is 1. The Balaban J connectivity index is 2.46. The van der Waals surface area contributed by atoms with Gasteiger partial charge in [-0.15, -0.1) is 11.3 Å². The molecule has 0 amide bonds. The van der Waals surface area contributed by atoms with E-state index in [1.807, 2.05) is 12.3 Å². The zero-order valence-corrected chi connectivity index (χ0v) is 8.73. The first-order valence-corrected chi connectivity index (χ1v) is 5.02. The topological polar surface area (TPSA) is 60.2 Å². The van der Waals surface area contributed by atoms with Crippen molar-refractivity contribution < 1.29 is 4.74 Å². The van der Waals surface area contributed by atoms with Crippen LogP contribution in [-0.2, 0) is 4.74 Å². The van der Waals surface area contributed by atoms with E-state index in [1.54, 1.807) is 18.4 Å². The monoisotopic (exact) mass is 201 g/mol. The second kappa shape index (κ2) is 5.16. The molecule has 0 fully saturated rings. The molecule has 13 heavy (non-hydrogen) atoms. The fourth-order valence-corrected chi connectivity index (χ4v) is 1.73. The van der Waals surface area contributed by atoms with Crippen molar-refractivity contribution in [3.8, 4) is 0 Å². The molecular weight excluding hydrogens is 186 g/mol. The van der Waals surface area contributed by atoms with Crippen LogP contribution in [0.5, 0.6) is 0 Å². The van der Waals surface area contributed by atoms with Crippen molar-refractivity contribution in [1.29, 1.82) is 0 Å². The van der Waals surface area contributed by atoms with Crippen LogP contribution in [0.2, 0.25) is 0 Å². The number of rotatable bonds is 5. The molecule has 74 valence electrons. The number of aromatic nitrogens is 1. The summed E-state index contributed by atoms with van der Waals surface area (Å²) in [6.07, 6.45) is 0. The number of aryl methyl sites for hydroxylation is 1. The second-order valence-electron chi connectivity index (χ2n) is 2.83. The number of nitrogens with two attached hydrogens (primary N) is 1. The highest BCUT2D eigenvalue weighted by atomic mass is 32.1. The summed E-state index contributed by atoms with van der Waals surface area (Å²) in [7, 11) is 1.66. The van der Waals surface area contributed by atoms with Crippen molar-refractivity contribution in [3.63, 3.8) is 0 Å². The van der Waals surface area contributed by atoms with Crippen molar-refractivity contribution in [1.82, 2.24) is 4.98 Å². The van der Waals surface area contributed by atoms with Crippen LogP contribution in [0.3, 0.4) is 0 Å². The van der Waals surface area contributed by atoms with E-state index in [0.29, 0.717) is 13.2 Å². The molecule has 0 spiro atoms. The lowest BCUT2D eigenvalue weighted by molar-refractivity contribution is 0.187. The third-order valence-corrected chi connectivity index (χ3v) is 2.49. The van der Waals surface area contributed by atoms with E-state index >= 15 is 0 Å². The lowest BCUT2D eigenvalue weighted by Crippen LogP contribution is -2.32. The summed E-state index contributed by atoms with van der Waals surface area (Å²) in [5.41, 5.74) is 6.58. The minimum atomic E-state index is 0.149. The summed E-state index contributed by atoms with van der Waals surface area (Å²) in [6, 6.07) is 0.149. The molecule has 5 heteroatoms. The second-order valence-corrected chi connectivity index (χ2v) is 3.68. The molecule has 1 aromatic rings. The third-order valence-electron chi connectivity index (χ3n) is 1.60. The highest BCUT2D eigenvalue weighted by Crippen LogP contribution is 2.15. The predicted octanol–water partition coefficient (Wildman–Crippen LogP) is 0.837. The first-order valence-electron chi connectivity index (χ1n) is 4.14. The van der Waals surface area contributed by atoms with Gasteiger partial charge in [0.1, 0.15) is 0 Å².